The van der Waals surface area contributed by atoms with Crippen LogP contribution >= 0.6 is 0 Å². The number of aliphatic hydroxyl groups is 3. The topological polar surface area (TPSA) is 286 Å². The predicted molar refractivity (Wildman–Crippen MR) is 284 cm³/mol. The number of nitrogens with two attached hydrogens (primary N) is 3. The van der Waals surface area contributed by atoms with E-state index in [-0.39, 0.29) is 82.0 Å². The SMILES string of the molecule is [3H]c1cn([C@@H]2O[C@@H]3CO[Si](C(C)C)(C(C)C)O[Si](C(C)C)(C(C)C)OC3[C@]2(C)O)c2ncnc(N)c12.[3H]c1cn([C@@H]2O[C@H](CC)[C@@H](C)[C@@]2(C)F)c2ncnc(N)c12.[3H]c1cn([C@@H]2O[C@H](CO)C(O)[C@@]2(C)F)c2ncnc(N)c12. The Balaban J connectivity index is 0.000000164. The van der Waals surface area contributed by atoms with Gasteiger partial charge in [0.25, 0.3) is 0 Å². The molecule has 10 heterocycles. The fraction of sp³-hybridized carbons (Fsp3) is 0.640. The van der Waals surface area contributed by atoms with Gasteiger partial charge in [0.15, 0.2) is 30.0 Å². The summed E-state index contributed by atoms with van der Waals surface area (Å²) < 4.78 is 97.7. The zero-order valence-electron chi connectivity index (χ0n) is 47.9. The van der Waals surface area contributed by atoms with Crippen LogP contribution in [0, 0.1) is 5.92 Å². The van der Waals surface area contributed by atoms with Crippen LogP contribution in [0.5, 0.6) is 0 Å². The van der Waals surface area contributed by atoms with E-state index in [1.165, 1.54) is 49.8 Å². The number of rotatable bonds is 9. The van der Waals surface area contributed by atoms with Gasteiger partial charge in [-0.3, -0.25) is 0 Å². The lowest BCUT2D eigenvalue weighted by Crippen LogP contribution is -2.66. The largest absolute Gasteiger partial charge is 0.414 e. The first kappa shape index (κ1) is 52.3. The van der Waals surface area contributed by atoms with Crippen LogP contribution in [0.25, 0.3) is 33.1 Å². The summed E-state index contributed by atoms with van der Waals surface area (Å²) in [5.41, 5.74) is 14.2. The van der Waals surface area contributed by atoms with Gasteiger partial charge in [0.1, 0.15) is 83.4 Å². The normalized spacial score (nSPS) is 33.0. The van der Waals surface area contributed by atoms with Gasteiger partial charge >= 0.3 is 17.1 Å². The van der Waals surface area contributed by atoms with Crippen molar-refractivity contribution in [2.45, 2.75) is 185 Å². The molecule has 25 heteroatoms. The molecule has 4 aliphatic heterocycles. The quantitative estimate of drug-likeness (QED) is 0.0775. The first-order valence-corrected chi connectivity index (χ1v) is 29.5. The standard InChI is InChI=1S/C24H42N4O5Si2.C14H19FN4O.C12H15FN4O3/c1-14(2)34(15(3)4)30-12-19-20(32-35(33-34,16(5)6)17(7)8)24(9,29)23(31-19)28-11-10-18-21(25)26-13-27-22(18)28;1-4-10-8(2)14(3,15)13(20-10)19-6-5-9-11(16)17-7-18-12(9)19;1-12(13)8(19)7(4-18)20-11(12)17-3-2-6-9(14)15-5-16-10(6)17/h10-11,13-17,19-20,23,29H,12H2,1-9H3,(H2,25,26,27);5-8,10,13H,4H2,1-3H3,(H2,16,17,18);2-3,5,7-8,11,18-19H,4H2,1H3,(H2,14,15,16)/t19-,20?,23-,24+;8-,10-,13-,14-;7-,8?,11-,12-/m111/s1/i10T;5T;2T. The van der Waals surface area contributed by atoms with Crippen molar-refractivity contribution in [3.8, 4) is 0 Å². The second kappa shape index (κ2) is 20.9. The number of hydrogen-bond acceptors (Lipinski definition) is 18. The Morgan fingerprint density at radius 2 is 1.09 bits per heavy atom. The molecule has 4 aliphatic rings. The Hall–Kier alpha value is -4.81. The molecule has 412 valence electrons. The van der Waals surface area contributed by atoms with Gasteiger partial charge in [-0.25, -0.2) is 38.7 Å². The molecule has 4 saturated heterocycles. The van der Waals surface area contributed by atoms with Crippen LogP contribution < -0.4 is 17.2 Å². The summed E-state index contributed by atoms with van der Waals surface area (Å²) in [6.07, 6.45) is 2.26. The molecule has 6 aromatic heterocycles. The number of aliphatic hydroxyl groups excluding tert-OH is 2. The maximum Gasteiger partial charge on any atom is 0.335 e. The molecule has 9 N–H and O–H groups in total. The highest BCUT2D eigenvalue weighted by molar-refractivity contribution is 6.84. The molecular weight excluding hydrogens is 1010 g/mol. The molecule has 0 saturated carbocycles. The van der Waals surface area contributed by atoms with Crippen LogP contribution in [0.3, 0.4) is 0 Å². The number of anilines is 3. The highest BCUT2D eigenvalue weighted by atomic mass is 28.5. The van der Waals surface area contributed by atoms with Crippen molar-refractivity contribution in [3.63, 3.8) is 0 Å². The van der Waals surface area contributed by atoms with Gasteiger partial charge in [0.2, 0.25) is 0 Å². The second-order valence-corrected chi connectivity index (χ2v) is 30.7. The fourth-order valence-electron chi connectivity index (χ4n) is 11.1. The van der Waals surface area contributed by atoms with Crippen LogP contribution in [0.1, 0.15) is 119 Å². The molecule has 75 heavy (non-hydrogen) atoms. The van der Waals surface area contributed by atoms with Crippen molar-refractivity contribution in [1.82, 2.24) is 43.6 Å². The number of nitrogens with zero attached hydrogens (tertiary/aromatic N) is 9. The minimum atomic E-state index is -2.94. The van der Waals surface area contributed by atoms with E-state index in [4.69, 9.17) is 53.6 Å². The number of hydrogen-bond donors (Lipinski definition) is 6. The zero-order valence-corrected chi connectivity index (χ0v) is 46.9. The Labute approximate surface area is 442 Å². The predicted octanol–water partition coefficient (Wildman–Crippen LogP) is 7.30. The molecule has 0 radical (unpaired) electrons. The van der Waals surface area contributed by atoms with Gasteiger partial charge in [-0.2, -0.15) is 0 Å². The summed E-state index contributed by atoms with van der Waals surface area (Å²) >= 11 is 0. The van der Waals surface area contributed by atoms with Gasteiger partial charge in [0, 0.05) is 24.5 Å². The van der Waals surface area contributed by atoms with E-state index in [0.717, 1.165) is 6.42 Å². The summed E-state index contributed by atoms with van der Waals surface area (Å²) in [5.74, 6) is 0.318. The molecule has 0 bridgehead atoms. The van der Waals surface area contributed by atoms with E-state index in [9.17, 15) is 14.6 Å². The Bertz CT molecular complexity index is 3000. The van der Waals surface area contributed by atoms with Gasteiger partial charge < -0.3 is 73.4 Å². The van der Waals surface area contributed by atoms with Crippen molar-refractivity contribution < 1.29 is 55.4 Å². The maximum atomic E-state index is 15.1. The van der Waals surface area contributed by atoms with E-state index in [0.29, 0.717) is 27.5 Å². The fourth-order valence-corrected chi connectivity index (χ4v) is 22.4. The van der Waals surface area contributed by atoms with Crippen molar-refractivity contribution >= 4 is 67.7 Å². The number of nitrogen functional groups attached to an aromatic ring is 3. The molecule has 0 amide bonds. The lowest BCUT2D eigenvalue weighted by molar-refractivity contribution is -0.0935. The minimum absolute atomic E-state index is 0.0319. The molecule has 21 nitrogen and oxygen atoms in total. The molecule has 4 fully saturated rings. The third-order valence-electron chi connectivity index (χ3n) is 15.7. The summed E-state index contributed by atoms with van der Waals surface area (Å²) in [7, 11) is -5.67. The number of ether oxygens (including phenoxy) is 3. The average Bonchev–Trinajstić information content (AvgIpc) is 4.26. The van der Waals surface area contributed by atoms with E-state index < -0.39 is 83.8 Å². The first-order chi connectivity index (χ1) is 36.4. The number of aromatic nitrogens is 9. The van der Waals surface area contributed by atoms with E-state index in [1.54, 1.807) is 22.3 Å². The first-order valence-electron chi connectivity index (χ1n) is 27.0. The van der Waals surface area contributed by atoms with Gasteiger partial charge in [-0.05, 0) is 67.5 Å². The molecule has 12 atom stereocenters. The molecule has 10 rings (SSSR count). The van der Waals surface area contributed by atoms with Crippen LogP contribution in [0.2, 0.25) is 22.2 Å². The van der Waals surface area contributed by atoms with Gasteiger partial charge in [-0.1, -0.05) is 69.2 Å². The molecule has 2 unspecified atom stereocenters. The molecule has 6 aromatic rings. The summed E-state index contributed by atoms with van der Waals surface area (Å²) in [5, 5.41) is 32.2. The number of fused-ring (bicyclic) bond motifs is 4. The highest BCUT2D eigenvalue weighted by Crippen LogP contribution is 2.52. The molecular formula is C50H76F2N12O9Si2. The third-order valence-corrected chi connectivity index (χ3v) is 25.9. The highest BCUT2D eigenvalue weighted by Gasteiger charge is 2.65. The van der Waals surface area contributed by atoms with Crippen LogP contribution in [-0.2, 0) is 27.2 Å². The van der Waals surface area contributed by atoms with E-state index in [2.05, 4.69) is 85.3 Å². The lowest BCUT2D eigenvalue weighted by Gasteiger charge is -2.52. The van der Waals surface area contributed by atoms with Crippen molar-refractivity contribution in [2.75, 3.05) is 30.4 Å². The second-order valence-electron chi connectivity index (χ2n) is 21.9. The minimum Gasteiger partial charge on any atom is -0.414 e. The van der Waals surface area contributed by atoms with Crippen LogP contribution in [0.15, 0.2) is 55.7 Å². The van der Waals surface area contributed by atoms with Crippen LogP contribution in [0.4, 0.5) is 26.2 Å². The zero-order chi connectivity index (χ0) is 57.5. The van der Waals surface area contributed by atoms with E-state index >= 15 is 4.39 Å². The Morgan fingerprint density at radius 1 is 0.680 bits per heavy atom. The Kier molecular flexibility index (Phi) is 14.5. The molecule has 0 aliphatic carbocycles. The molecule has 0 aromatic carbocycles. The van der Waals surface area contributed by atoms with Crippen LogP contribution in [-0.4, -0.2) is 137 Å². The summed E-state index contributed by atoms with van der Waals surface area (Å²) in [6.45, 7) is 25.3. The summed E-state index contributed by atoms with van der Waals surface area (Å²) in [6, 6.07) is 0.381. The van der Waals surface area contributed by atoms with Gasteiger partial charge in [0.05, 0.1) is 39.6 Å². The summed E-state index contributed by atoms with van der Waals surface area (Å²) in [4.78, 5) is 24.2. The molecule has 0 spiro atoms. The van der Waals surface area contributed by atoms with Crippen molar-refractivity contribution in [3.05, 3.63) is 55.7 Å². The van der Waals surface area contributed by atoms with Crippen molar-refractivity contribution in [2.24, 2.45) is 5.92 Å². The number of alkyl halides is 2. The smallest absolute Gasteiger partial charge is 0.335 e. The Morgan fingerprint density at radius 3 is 1.48 bits per heavy atom. The number of halogens is 2. The van der Waals surface area contributed by atoms with Crippen molar-refractivity contribution in [1.29, 1.82) is 0 Å². The maximum absolute atomic E-state index is 15.1. The third kappa shape index (κ3) is 9.52. The monoisotopic (exact) mass is 1090 g/mol. The van der Waals surface area contributed by atoms with E-state index in [1.807, 2.05) is 13.8 Å². The average molecular weight is 1090 g/mol. The lowest BCUT2D eigenvalue weighted by atomic mass is 9.88. The van der Waals surface area contributed by atoms with Gasteiger partial charge in [-0.15, -0.1) is 0 Å².